The van der Waals surface area contributed by atoms with Crippen LogP contribution in [0.5, 0.6) is 0 Å². The molecule has 22 heavy (non-hydrogen) atoms. The van der Waals surface area contributed by atoms with Crippen molar-refractivity contribution in [2.75, 3.05) is 0 Å². The van der Waals surface area contributed by atoms with Crippen molar-refractivity contribution in [3.8, 4) is 11.3 Å². The molecule has 1 nitrogen and oxygen atoms in total. The number of aryl methyl sites for hydroxylation is 1. The van der Waals surface area contributed by atoms with Crippen LogP contribution in [0.15, 0.2) is 36.4 Å². The molecule has 3 rings (SSSR count). The zero-order valence-corrected chi connectivity index (χ0v) is 13.3. The highest BCUT2D eigenvalue weighted by Gasteiger charge is 2.19. The Morgan fingerprint density at radius 3 is 2.68 bits per heavy atom. The SMILES string of the molecule is CCCCCC1CCc2nc(-c3ccc(F)cc3)ccc2C1. The fourth-order valence-electron chi connectivity index (χ4n) is 3.40. The number of halogens is 1. The van der Waals surface area contributed by atoms with Crippen LogP contribution in [0, 0.1) is 11.7 Å². The first-order valence-electron chi connectivity index (χ1n) is 8.51. The predicted octanol–water partition coefficient (Wildman–Crippen LogP) is 5.57. The van der Waals surface area contributed by atoms with E-state index in [4.69, 9.17) is 4.98 Å². The Kier molecular flexibility index (Phi) is 4.87. The van der Waals surface area contributed by atoms with Gasteiger partial charge in [-0.25, -0.2) is 4.39 Å². The van der Waals surface area contributed by atoms with E-state index >= 15 is 0 Å². The second-order valence-electron chi connectivity index (χ2n) is 6.41. The highest BCUT2D eigenvalue weighted by atomic mass is 19.1. The van der Waals surface area contributed by atoms with Crippen molar-refractivity contribution in [3.05, 3.63) is 53.5 Å². The van der Waals surface area contributed by atoms with Gasteiger partial charge in [0.15, 0.2) is 0 Å². The Morgan fingerprint density at radius 2 is 1.91 bits per heavy atom. The Balaban J connectivity index is 1.72. The van der Waals surface area contributed by atoms with E-state index in [1.807, 2.05) is 0 Å². The quantitative estimate of drug-likeness (QED) is 0.657. The van der Waals surface area contributed by atoms with Crippen LogP contribution < -0.4 is 0 Å². The van der Waals surface area contributed by atoms with Crippen molar-refractivity contribution < 1.29 is 4.39 Å². The van der Waals surface area contributed by atoms with Gasteiger partial charge < -0.3 is 0 Å². The average molecular weight is 297 g/mol. The number of unbranched alkanes of at least 4 members (excludes halogenated alkanes) is 2. The molecular weight excluding hydrogens is 273 g/mol. The third-order valence-electron chi connectivity index (χ3n) is 4.72. The summed E-state index contributed by atoms with van der Waals surface area (Å²) >= 11 is 0. The summed E-state index contributed by atoms with van der Waals surface area (Å²) in [5.74, 6) is 0.633. The monoisotopic (exact) mass is 297 g/mol. The van der Waals surface area contributed by atoms with Crippen LogP contribution in [-0.4, -0.2) is 4.98 Å². The van der Waals surface area contributed by atoms with Gasteiger partial charge in [-0.05, 0) is 61.1 Å². The summed E-state index contributed by atoms with van der Waals surface area (Å²) in [4.78, 5) is 4.82. The van der Waals surface area contributed by atoms with Gasteiger partial charge in [0.1, 0.15) is 5.82 Å². The van der Waals surface area contributed by atoms with Crippen LogP contribution in [0.4, 0.5) is 4.39 Å². The molecule has 1 aliphatic carbocycles. The number of fused-ring (bicyclic) bond motifs is 1. The number of nitrogens with zero attached hydrogens (tertiary/aromatic N) is 1. The molecule has 0 spiro atoms. The van der Waals surface area contributed by atoms with Crippen LogP contribution in [0.25, 0.3) is 11.3 Å². The van der Waals surface area contributed by atoms with Crippen molar-refractivity contribution >= 4 is 0 Å². The summed E-state index contributed by atoms with van der Waals surface area (Å²) in [5.41, 5.74) is 4.62. The Morgan fingerprint density at radius 1 is 1.09 bits per heavy atom. The molecule has 1 atom stereocenters. The molecule has 0 fully saturated rings. The minimum Gasteiger partial charge on any atom is -0.253 e. The molecular formula is C20H24FN. The van der Waals surface area contributed by atoms with Gasteiger partial charge in [-0.1, -0.05) is 38.7 Å². The van der Waals surface area contributed by atoms with Gasteiger partial charge in [0.25, 0.3) is 0 Å². The molecule has 1 aliphatic rings. The summed E-state index contributed by atoms with van der Waals surface area (Å²) in [6.07, 6.45) is 8.88. The van der Waals surface area contributed by atoms with E-state index in [2.05, 4.69) is 19.1 Å². The number of pyridine rings is 1. The van der Waals surface area contributed by atoms with Crippen molar-refractivity contribution in [3.63, 3.8) is 0 Å². The molecule has 1 aromatic carbocycles. The topological polar surface area (TPSA) is 12.9 Å². The van der Waals surface area contributed by atoms with Gasteiger partial charge in [0, 0.05) is 11.3 Å². The highest BCUT2D eigenvalue weighted by molar-refractivity contribution is 5.59. The molecule has 1 heterocycles. The van der Waals surface area contributed by atoms with E-state index in [-0.39, 0.29) is 5.82 Å². The molecule has 0 amide bonds. The maximum absolute atomic E-state index is 13.0. The molecule has 0 saturated heterocycles. The van der Waals surface area contributed by atoms with Crippen molar-refractivity contribution in [2.24, 2.45) is 5.92 Å². The van der Waals surface area contributed by atoms with Gasteiger partial charge in [0.05, 0.1) is 5.69 Å². The Bertz CT molecular complexity index is 618. The van der Waals surface area contributed by atoms with E-state index in [9.17, 15) is 4.39 Å². The molecule has 0 aliphatic heterocycles. The van der Waals surface area contributed by atoms with Crippen LogP contribution >= 0.6 is 0 Å². The predicted molar refractivity (Wildman–Crippen MR) is 89.3 cm³/mol. The second kappa shape index (κ2) is 7.04. The standard InChI is InChI=1S/C20H24FN/c1-2-3-4-5-15-6-12-20-17(14-15)9-13-19(22-20)16-7-10-18(21)11-8-16/h7-11,13,15H,2-6,12,14H2,1H3. The van der Waals surface area contributed by atoms with Crippen LogP contribution in [-0.2, 0) is 12.8 Å². The maximum Gasteiger partial charge on any atom is 0.123 e. The second-order valence-corrected chi connectivity index (χ2v) is 6.41. The summed E-state index contributed by atoms with van der Waals surface area (Å²) in [7, 11) is 0. The van der Waals surface area contributed by atoms with Gasteiger partial charge in [-0.3, -0.25) is 4.98 Å². The molecule has 0 N–H and O–H groups in total. The van der Waals surface area contributed by atoms with Gasteiger partial charge in [-0.15, -0.1) is 0 Å². The zero-order chi connectivity index (χ0) is 15.4. The molecule has 1 aromatic heterocycles. The first-order chi connectivity index (χ1) is 10.8. The van der Waals surface area contributed by atoms with Crippen molar-refractivity contribution in [1.29, 1.82) is 0 Å². The van der Waals surface area contributed by atoms with E-state index in [1.165, 1.54) is 61.9 Å². The molecule has 0 bridgehead atoms. The number of hydrogen-bond acceptors (Lipinski definition) is 1. The average Bonchev–Trinajstić information content (AvgIpc) is 2.55. The fraction of sp³-hybridized carbons (Fsp3) is 0.450. The van der Waals surface area contributed by atoms with Crippen molar-refractivity contribution in [2.45, 2.75) is 51.9 Å². The van der Waals surface area contributed by atoms with Gasteiger partial charge in [-0.2, -0.15) is 0 Å². The first kappa shape index (κ1) is 15.2. The first-order valence-corrected chi connectivity index (χ1v) is 8.51. The lowest BCUT2D eigenvalue weighted by molar-refractivity contribution is 0.404. The lowest BCUT2D eigenvalue weighted by Gasteiger charge is -2.24. The molecule has 116 valence electrons. The Hall–Kier alpha value is -1.70. The third kappa shape index (κ3) is 3.55. The van der Waals surface area contributed by atoms with Crippen molar-refractivity contribution in [1.82, 2.24) is 4.98 Å². The number of benzene rings is 1. The smallest absolute Gasteiger partial charge is 0.123 e. The van der Waals surface area contributed by atoms with Gasteiger partial charge >= 0.3 is 0 Å². The number of aromatic nitrogens is 1. The molecule has 0 saturated carbocycles. The number of hydrogen-bond donors (Lipinski definition) is 0. The lowest BCUT2D eigenvalue weighted by Crippen LogP contribution is -2.15. The van der Waals surface area contributed by atoms with E-state index in [0.29, 0.717) is 0 Å². The fourth-order valence-corrected chi connectivity index (χ4v) is 3.40. The molecule has 2 aromatic rings. The minimum atomic E-state index is -0.198. The lowest BCUT2D eigenvalue weighted by atomic mass is 9.83. The minimum absolute atomic E-state index is 0.198. The Labute approximate surface area is 132 Å². The summed E-state index contributed by atoms with van der Waals surface area (Å²) in [6.45, 7) is 2.26. The largest absolute Gasteiger partial charge is 0.253 e. The molecule has 1 unspecified atom stereocenters. The summed E-state index contributed by atoms with van der Waals surface area (Å²) in [6, 6.07) is 10.9. The normalized spacial score (nSPS) is 17.3. The summed E-state index contributed by atoms with van der Waals surface area (Å²) in [5, 5.41) is 0. The maximum atomic E-state index is 13.0. The summed E-state index contributed by atoms with van der Waals surface area (Å²) < 4.78 is 13.0. The van der Waals surface area contributed by atoms with E-state index < -0.39 is 0 Å². The number of rotatable bonds is 5. The molecule has 2 heteroatoms. The van der Waals surface area contributed by atoms with E-state index in [0.717, 1.165) is 23.6 Å². The van der Waals surface area contributed by atoms with Gasteiger partial charge in [0.2, 0.25) is 0 Å². The van der Waals surface area contributed by atoms with Crippen LogP contribution in [0.2, 0.25) is 0 Å². The third-order valence-corrected chi connectivity index (χ3v) is 4.72. The zero-order valence-electron chi connectivity index (χ0n) is 13.3. The van der Waals surface area contributed by atoms with E-state index in [1.54, 1.807) is 12.1 Å². The van der Waals surface area contributed by atoms with Crippen LogP contribution in [0.3, 0.4) is 0 Å². The molecule has 0 radical (unpaired) electrons. The highest BCUT2D eigenvalue weighted by Crippen LogP contribution is 2.30. The van der Waals surface area contributed by atoms with Crippen LogP contribution in [0.1, 0.15) is 50.3 Å².